The molecule has 5 heteroatoms. The first-order chi connectivity index (χ1) is 8.22. The average Bonchev–Trinajstić information content (AvgIpc) is 2.62. The Bertz CT molecular complexity index is 581. The first-order valence-electron chi connectivity index (χ1n) is 5.91. The van der Waals surface area contributed by atoms with Crippen molar-refractivity contribution in [3.8, 4) is 0 Å². The highest BCUT2D eigenvalue weighted by Gasteiger charge is 2.19. The number of hydrogen-bond donors (Lipinski definition) is 4. The fourth-order valence-corrected chi connectivity index (χ4v) is 2.18. The molecule has 0 radical (unpaired) electrons. The summed E-state index contributed by atoms with van der Waals surface area (Å²) in [6.45, 7) is 4.21. The van der Waals surface area contributed by atoms with Gasteiger partial charge in [0.15, 0.2) is 0 Å². The second kappa shape index (κ2) is 4.01. The predicted octanol–water partition coefficient (Wildman–Crippen LogP) is 0.479. The molecule has 17 heavy (non-hydrogen) atoms. The van der Waals surface area contributed by atoms with Crippen molar-refractivity contribution in [3.63, 3.8) is 0 Å². The lowest BCUT2D eigenvalue weighted by Crippen LogP contribution is -2.55. The van der Waals surface area contributed by atoms with Crippen LogP contribution in [0.2, 0.25) is 0 Å². The van der Waals surface area contributed by atoms with E-state index in [9.17, 15) is 4.79 Å². The molecule has 3 rings (SSSR count). The van der Waals surface area contributed by atoms with Crippen LogP contribution in [0.5, 0.6) is 0 Å². The third kappa shape index (κ3) is 1.99. The summed E-state index contributed by atoms with van der Waals surface area (Å²) < 4.78 is 0. The van der Waals surface area contributed by atoms with Crippen LogP contribution < -0.4 is 16.3 Å². The number of benzene rings is 1. The summed E-state index contributed by atoms with van der Waals surface area (Å²) in [7, 11) is 0. The normalized spacial score (nSPS) is 18.2. The Balaban J connectivity index is 1.85. The van der Waals surface area contributed by atoms with E-state index in [1.54, 1.807) is 0 Å². The number of hydrogen-bond acceptors (Lipinski definition) is 3. The third-order valence-electron chi connectivity index (χ3n) is 3.31. The van der Waals surface area contributed by atoms with Gasteiger partial charge in [0.1, 0.15) is 0 Å². The molecular formula is C12H16N4O. The molecule has 1 atom stereocenters. The lowest BCUT2D eigenvalue weighted by Gasteiger charge is -2.31. The molecule has 1 saturated heterocycles. The van der Waals surface area contributed by atoms with Gasteiger partial charge in [0, 0.05) is 25.2 Å². The van der Waals surface area contributed by atoms with Gasteiger partial charge in [-0.05, 0) is 24.6 Å². The highest BCUT2D eigenvalue weighted by atomic mass is 16.1. The minimum Gasteiger partial charge on any atom is -0.314 e. The van der Waals surface area contributed by atoms with E-state index in [1.807, 2.05) is 12.1 Å². The van der Waals surface area contributed by atoms with Crippen molar-refractivity contribution in [1.82, 2.24) is 20.6 Å². The Morgan fingerprint density at radius 1 is 1.29 bits per heavy atom. The monoisotopic (exact) mass is 232 g/mol. The number of aromatic amines is 2. The van der Waals surface area contributed by atoms with Crippen molar-refractivity contribution in [3.05, 3.63) is 34.2 Å². The van der Waals surface area contributed by atoms with E-state index in [1.165, 1.54) is 5.56 Å². The lowest BCUT2D eigenvalue weighted by molar-refractivity contribution is 0.338. The van der Waals surface area contributed by atoms with Gasteiger partial charge in [-0.3, -0.25) is 0 Å². The third-order valence-corrected chi connectivity index (χ3v) is 3.31. The number of H-pyrrole nitrogens is 2. The van der Waals surface area contributed by atoms with Gasteiger partial charge in [-0.15, -0.1) is 0 Å². The van der Waals surface area contributed by atoms with E-state index < -0.39 is 0 Å². The minimum atomic E-state index is -0.152. The Labute approximate surface area is 98.6 Å². The van der Waals surface area contributed by atoms with Gasteiger partial charge in [0.05, 0.1) is 11.0 Å². The summed E-state index contributed by atoms with van der Waals surface area (Å²) in [6, 6.07) is 6.88. The van der Waals surface area contributed by atoms with Crippen LogP contribution >= 0.6 is 0 Å². The molecule has 1 aliphatic heterocycles. The Morgan fingerprint density at radius 2 is 2.06 bits per heavy atom. The zero-order chi connectivity index (χ0) is 11.8. The summed E-state index contributed by atoms with van der Waals surface area (Å²) in [5.74, 6) is 0. The van der Waals surface area contributed by atoms with Gasteiger partial charge in [0.25, 0.3) is 0 Å². The Kier molecular flexibility index (Phi) is 2.49. The smallest absolute Gasteiger partial charge is 0.314 e. The number of imidazole rings is 1. The predicted molar refractivity (Wildman–Crippen MR) is 67.1 cm³/mol. The van der Waals surface area contributed by atoms with Crippen LogP contribution in [0, 0.1) is 0 Å². The molecule has 0 aliphatic carbocycles. The first-order valence-corrected chi connectivity index (χ1v) is 5.91. The zero-order valence-electron chi connectivity index (χ0n) is 9.71. The quantitative estimate of drug-likeness (QED) is 0.622. The van der Waals surface area contributed by atoms with Gasteiger partial charge in [0.2, 0.25) is 0 Å². The van der Waals surface area contributed by atoms with Gasteiger partial charge in [-0.25, -0.2) is 4.79 Å². The van der Waals surface area contributed by atoms with E-state index in [0.29, 0.717) is 12.1 Å². The molecule has 1 aliphatic rings. The highest BCUT2D eigenvalue weighted by molar-refractivity contribution is 5.75. The van der Waals surface area contributed by atoms with E-state index in [0.717, 1.165) is 24.1 Å². The number of rotatable bonds is 3. The van der Waals surface area contributed by atoms with Gasteiger partial charge in [-0.1, -0.05) is 6.07 Å². The van der Waals surface area contributed by atoms with Crippen LogP contribution in [0.4, 0.5) is 0 Å². The molecule has 1 aromatic carbocycles. The van der Waals surface area contributed by atoms with Crippen molar-refractivity contribution >= 4 is 11.0 Å². The van der Waals surface area contributed by atoms with Gasteiger partial charge >= 0.3 is 5.69 Å². The maximum Gasteiger partial charge on any atom is 0.323 e. The fraction of sp³-hybridized carbons (Fsp3) is 0.417. The maximum absolute atomic E-state index is 11.2. The Hall–Kier alpha value is -1.59. The molecule has 0 amide bonds. The van der Waals surface area contributed by atoms with Crippen LogP contribution in [0.25, 0.3) is 11.0 Å². The molecule has 5 nitrogen and oxygen atoms in total. The number of nitrogens with one attached hydrogen (secondary N) is 4. The number of aromatic nitrogens is 2. The molecule has 1 unspecified atom stereocenters. The summed E-state index contributed by atoms with van der Waals surface area (Å²) in [4.78, 5) is 16.7. The lowest BCUT2D eigenvalue weighted by atomic mass is 10.1. The van der Waals surface area contributed by atoms with E-state index >= 15 is 0 Å². The summed E-state index contributed by atoms with van der Waals surface area (Å²) >= 11 is 0. The van der Waals surface area contributed by atoms with Gasteiger partial charge < -0.3 is 20.6 Å². The topological polar surface area (TPSA) is 72.7 Å². The van der Waals surface area contributed by atoms with E-state index in [2.05, 4.69) is 33.6 Å². The van der Waals surface area contributed by atoms with Crippen molar-refractivity contribution in [1.29, 1.82) is 0 Å². The molecule has 1 fully saturated rings. The molecule has 0 bridgehead atoms. The van der Waals surface area contributed by atoms with E-state index in [-0.39, 0.29) is 5.69 Å². The summed E-state index contributed by atoms with van der Waals surface area (Å²) in [6.07, 6.45) is 0. The summed E-state index contributed by atoms with van der Waals surface area (Å²) in [5.41, 5.74) is 2.77. The SMILES string of the molecule is CC(NC1CNC1)c1ccc2[nH]c(=O)[nH]c2c1. The zero-order valence-corrected chi connectivity index (χ0v) is 9.71. The van der Waals surface area contributed by atoms with Crippen molar-refractivity contribution in [2.45, 2.75) is 19.0 Å². The van der Waals surface area contributed by atoms with Crippen molar-refractivity contribution in [2.24, 2.45) is 0 Å². The van der Waals surface area contributed by atoms with Crippen LogP contribution in [-0.2, 0) is 0 Å². The molecule has 4 N–H and O–H groups in total. The standard InChI is InChI=1S/C12H16N4O/c1-7(14-9-5-13-6-9)8-2-3-10-11(4-8)16-12(17)15-10/h2-4,7,9,13-14H,5-6H2,1H3,(H2,15,16,17). The molecule has 90 valence electrons. The maximum atomic E-state index is 11.2. The van der Waals surface area contributed by atoms with Gasteiger partial charge in [-0.2, -0.15) is 0 Å². The minimum absolute atomic E-state index is 0.152. The first kappa shape index (κ1) is 10.6. The summed E-state index contributed by atoms with van der Waals surface area (Å²) in [5, 5.41) is 6.78. The van der Waals surface area contributed by atoms with Crippen LogP contribution in [0.15, 0.2) is 23.0 Å². The fourth-order valence-electron chi connectivity index (χ4n) is 2.18. The number of fused-ring (bicyclic) bond motifs is 1. The van der Waals surface area contributed by atoms with Crippen molar-refractivity contribution < 1.29 is 0 Å². The molecule has 2 heterocycles. The molecule has 2 aromatic rings. The Morgan fingerprint density at radius 3 is 2.76 bits per heavy atom. The average molecular weight is 232 g/mol. The second-order valence-corrected chi connectivity index (χ2v) is 4.63. The largest absolute Gasteiger partial charge is 0.323 e. The van der Waals surface area contributed by atoms with Crippen LogP contribution in [-0.4, -0.2) is 29.1 Å². The second-order valence-electron chi connectivity index (χ2n) is 4.63. The van der Waals surface area contributed by atoms with E-state index in [4.69, 9.17) is 0 Å². The molecule has 0 spiro atoms. The van der Waals surface area contributed by atoms with Crippen molar-refractivity contribution in [2.75, 3.05) is 13.1 Å². The highest BCUT2D eigenvalue weighted by Crippen LogP contribution is 2.17. The van der Waals surface area contributed by atoms with Crippen LogP contribution in [0.1, 0.15) is 18.5 Å². The molecular weight excluding hydrogens is 216 g/mol. The molecule has 0 saturated carbocycles. The van der Waals surface area contributed by atoms with Crippen LogP contribution in [0.3, 0.4) is 0 Å². The molecule has 1 aromatic heterocycles.